The van der Waals surface area contributed by atoms with Crippen LogP contribution in [0, 0.1) is 18.8 Å². The van der Waals surface area contributed by atoms with Gasteiger partial charge in [-0.3, -0.25) is 4.79 Å². The average Bonchev–Trinajstić information content (AvgIpc) is 2.42. The number of aromatic nitrogens is 1. The molecule has 0 saturated carbocycles. The molecule has 1 fully saturated rings. The Morgan fingerprint density at radius 1 is 1.63 bits per heavy atom. The molecule has 1 saturated heterocycles. The number of carbonyl (C=O) groups is 1. The van der Waals surface area contributed by atoms with Gasteiger partial charge in [-0.05, 0) is 56.3 Å². The minimum atomic E-state index is 0.117. The molecule has 0 aromatic carbocycles. The Hall–Kier alpha value is -1.42. The number of nitrogens with zero attached hydrogens (tertiary/aromatic N) is 1. The molecule has 0 bridgehead atoms. The minimum absolute atomic E-state index is 0.117. The summed E-state index contributed by atoms with van der Waals surface area (Å²) in [6.07, 6.45) is 4.67. The van der Waals surface area contributed by atoms with Gasteiger partial charge >= 0.3 is 0 Å². The first kappa shape index (κ1) is 14.0. The second-order valence-electron chi connectivity index (χ2n) is 5.66. The van der Waals surface area contributed by atoms with Crippen LogP contribution < -0.4 is 11.1 Å². The van der Waals surface area contributed by atoms with E-state index in [0.717, 1.165) is 18.7 Å². The predicted octanol–water partition coefficient (Wildman–Crippen LogP) is 2.18. The van der Waals surface area contributed by atoms with E-state index >= 15 is 0 Å². The van der Waals surface area contributed by atoms with Crippen LogP contribution >= 0.6 is 0 Å². The van der Waals surface area contributed by atoms with E-state index in [1.807, 2.05) is 13.0 Å². The standard InChI is InChI=1S/C15H23N3O/c1-10-6-13(15(16)18-8-10)14(19)7-11(2)12-4-3-5-17-9-12/h6,8,11-12,17H,3-5,7,9H2,1-2H3,(H2,16,18). The first-order valence-electron chi connectivity index (χ1n) is 7.04. The van der Waals surface area contributed by atoms with Gasteiger partial charge < -0.3 is 11.1 Å². The van der Waals surface area contributed by atoms with Crippen molar-refractivity contribution < 1.29 is 4.79 Å². The molecule has 1 aromatic heterocycles. The van der Waals surface area contributed by atoms with E-state index in [1.54, 1.807) is 6.20 Å². The first-order valence-corrected chi connectivity index (χ1v) is 7.04. The van der Waals surface area contributed by atoms with Crippen LogP contribution in [-0.4, -0.2) is 23.9 Å². The van der Waals surface area contributed by atoms with Crippen LogP contribution in [0.15, 0.2) is 12.3 Å². The van der Waals surface area contributed by atoms with Gasteiger partial charge in [0, 0.05) is 12.6 Å². The maximum absolute atomic E-state index is 12.3. The first-order chi connectivity index (χ1) is 9.08. The van der Waals surface area contributed by atoms with Crippen LogP contribution in [0.3, 0.4) is 0 Å². The molecule has 4 heteroatoms. The molecule has 3 N–H and O–H groups in total. The molecule has 0 amide bonds. The van der Waals surface area contributed by atoms with Crippen LogP contribution in [0.5, 0.6) is 0 Å². The number of aryl methyl sites for hydroxylation is 1. The summed E-state index contributed by atoms with van der Waals surface area (Å²) in [5.74, 6) is 1.45. The molecule has 2 rings (SSSR count). The second-order valence-corrected chi connectivity index (χ2v) is 5.66. The summed E-state index contributed by atoms with van der Waals surface area (Å²) in [5.41, 5.74) is 7.36. The lowest BCUT2D eigenvalue weighted by Crippen LogP contribution is -2.34. The van der Waals surface area contributed by atoms with Crippen LogP contribution in [0.2, 0.25) is 0 Å². The van der Waals surface area contributed by atoms with E-state index < -0.39 is 0 Å². The highest BCUT2D eigenvalue weighted by Crippen LogP contribution is 2.25. The summed E-state index contributed by atoms with van der Waals surface area (Å²) in [5, 5.41) is 3.40. The van der Waals surface area contributed by atoms with E-state index in [1.165, 1.54) is 12.8 Å². The topological polar surface area (TPSA) is 68.0 Å². The quantitative estimate of drug-likeness (QED) is 0.815. The van der Waals surface area contributed by atoms with Gasteiger partial charge in [0.2, 0.25) is 0 Å². The number of hydrogen-bond acceptors (Lipinski definition) is 4. The van der Waals surface area contributed by atoms with Crippen LogP contribution in [0.4, 0.5) is 5.82 Å². The van der Waals surface area contributed by atoms with E-state index in [4.69, 9.17) is 5.73 Å². The highest BCUT2D eigenvalue weighted by atomic mass is 16.1. The number of carbonyl (C=O) groups excluding carboxylic acids is 1. The van der Waals surface area contributed by atoms with Crippen LogP contribution in [0.25, 0.3) is 0 Å². The second kappa shape index (κ2) is 6.15. The van der Waals surface area contributed by atoms with Gasteiger partial charge in [0.25, 0.3) is 0 Å². The summed E-state index contributed by atoms with van der Waals surface area (Å²) in [4.78, 5) is 16.4. The third-order valence-corrected chi connectivity index (χ3v) is 4.00. The summed E-state index contributed by atoms with van der Waals surface area (Å²) in [6, 6.07) is 1.84. The zero-order valence-corrected chi connectivity index (χ0v) is 11.8. The van der Waals surface area contributed by atoms with E-state index in [0.29, 0.717) is 29.6 Å². The number of hydrogen-bond donors (Lipinski definition) is 2. The van der Waals surface area contributed by atoms with Crippen molar-refractivity contribution in [1.82, 2.24) is 10.3 Å². The van der Waals surface area contributed by atoms with E-state index in [9.17, 15) is 4.79 Å². The molecule has 2 atom stereocenters. The van der Waals surface area contributed by atoms with Gasteiger partial charge in [-0.25, -0.2) is 4.98 Å². The van der Waals surface area contributed by atoms with Crippen molar-refractivity contribution in [3.8, 4) is 0 Å². The normalized spacial score (nSPS) is 21.1. The molecule has 0 aliphatic carbocycles. The number of nitrogens with one attached hydrogen (secondary N) is 1. The fraction of sp³-hybridized carbons (Fsp3) is 0.600. The van der Waals surface area contributed by atoms with Gasteiger partial charge in [0.15, 0.2) is 5.78 Å². The lowest BCUT2D eigenvalue weighted by atomic mass is 9.83. The Morgan fingerprint density at radius 2 is 2.42 bits per heavy atom. The van der Waals surface area contributed by atoms with Gasteiger partial charge in [-0.2, -0.15) is 0 Å². The van der Waals surface area contributed by atoms with Crippen LogP contribution in [-0.2, 0) is 0 Å². The van der Waals surface area contributed by atoms with Crippen molar-refractivity contribution in [2.45, 2.75) is 33.1 Å². The summed E-state index contributed by atoms with van der Waals surface area (Å²) in [7, 11) is 0. The molecule has 2 heterocycles. The molecule has 1 aliphatic heterocycles. The summed E-state index contributed by atoms with van der Waals surface area (Å²) < 4.78 is 0. The SMILES string of the molecule is Cc1cnc(N)c(C(=O)CC(C)C2CCCNC2)c1. The Bertz CT molecular complexity index is 453. The summed E-state index contributed by atoms with van der Waals surface area (Å²) >= 11 is 0. The number of anilines is 1. The van der Waals surface area contributed by atoms with E-state index in [2.05, 4.69) is 17.2 Å². The van der Waals surface area contributed by atoms with Gasteiger partial charge in [0.1, 0.15) is 5.82 Å². The molecule has 1 aliphatic rings. The zero-order chi connectivity index (χ0) is 13.8. The molecule has 4 nitrogen and oxygen atoms in total. The van der Waals surface area contributed by atoms with E-state index in [-0.39, 0.29) is 5.78 Å². The van der Waals surface area contributed by atoms with Gasteiger partial charge in [-0.1, -0.05) is 6.92 Å². The maximum atomic E-state index is 12.3. The monoisotopic (exact) mass is 261 g/mol. The molecular weight excluding hydrogens is 238 g/mol. The Kier molecular flexibility index (Phi) is 4.53. The van der Waals surface area contributed by atoms with Crippen molar-refractivity contribution in [3.63, 3.8) is 0 Å². The number of piperidine rings is 1. The number of pyridine rings is 1. The van der Waals surface area contributed by atoms with Crippen molar-refractivity contribution in [2.24, 2.45) is 11.8 Å². The van der Waals surface area contributed by atoms with Crippen molar-refractivity contribution in [1.29, 1.82) is 0 Å². The smallest absolute Gasteiger partial charge is 0.166 e. The fourth-order valence-corrected chi connectivity index (χ4v) is 2.74. The lowest BCUT2D eigenvalue weighted by Gasteiger charge is -2.28. The number of nitrogens with two attached hydrogens (primary N) is 1. The highest BCUT2D eigenvalue weighted by Gasteiger charge is 2.23. The molecule has 19 heavy (non-hydrogen) atoms. The third kappa shape index (κ3) is 3.53. The predicted molar refractivity (Wildman–Crippen MR) is 77.1 cm³/mol. The summed E-state index contributed by atoms with van der Waals surface area (Å²) in [6.45, 7) is 6.22. The largest absolute Gasteiger partial charge is 0.383 e. The molecule has 1 aromatic rings. The maximum Gasteiger partial charge on any atom is 0.166 e. The van der Waals surface area contributed by atoms with Crippen molar-refractivity contribution >= 4 is 11.6 Å². The highest BCUT2D eigenvalue weighted by molar-refractivity contribution is 6.00. The Morgan fingerprint density at radius 3 is 3.11 bits per heavy atom. The number of Topliss-reactive ketones (excluding diaryl/α,β-unsaturated/α-hetero) is 1. The number of nitrogen functional groups attached to an aromatic ring is 1. The molecular formula is C15H23N3O. The van der Waals surface area contributed by atoms with Crippen molar-refractivity contribution in [3.05, 3.63) is 23.4 Å². The van der Waals surface area contributed by atoms with Crippen molar-refractivity contribution in [2.75, 3.05) is 18.8 Å². The molecule has 2 unspecified atom stereocenters. The molecule has 0 spiro atoms. The Labute approximate surface area is 114 Å². The lowest BCUT2D eigenvalue weighted by molar-refractivity contribution is 0.0943. The Balaban J connectivity index is 2.01. The number of ketones is 1. The van der Waals surface area contributed by atoms with Gasteiger partial charge in [0.05, 0.1) is 5.56 Å². The fourth-order valence-electron chi connectivity index (χ4n) is 2.74. The van der Waals surface area contributed by atoms with Gasteiger partial charge in [-0.15, -0.1) is 0 Å². The zero-order valence-electron chi connectivity index (χ0n) is 11.8. The molecule has 0 radical (unpaired) electrons. The van der Waals surface area contributed by atoms with Crippen LogP contribution in [0.1, 0.15) is 42.1 Å². The average molecular weight is 261 g/mol. The minimum Gasteiger partial charge on any atom is -0.383 e. The third-order valence-electron chi connectivity index (χ3n) is 4.00. The molecule has 104 valence electrons. The number of rotatable bonds is 4.